The lowest BCUT2D eigenvalue weighted by Crippen LogP contribution is -2.14. The lowest BCUT2D eigenvalue weighted by atomic mass is 10.2. The zero-order chi connectivity index (χ0) is 18.5. The smallest absolute Gasteiger partial charge is 0.124 e. The molecule has 1 aromatic heterocycles. The van der Waals surface area contributed by atoms with Gasteiger partial charge in [-0.3, -0.25) is 0 Å². The molecule has 4 aromatic rings. The third-order valence-electron chi connectivity index (χ3n) is 4.30. The maximum Gasteiger partial charge on any atom is 0.124 e. The molecule has 0 amide bonds. The average Bonchev–Trinajstić information content (AvgIpc) is 3.10. The fraction of sp³-hybridized carbons (Fsp3) is 0.136. The number of aromatic nitrogens is 2. The van der Waals surface area contributed by atoms with Crippen LogP contribution in [0.5, 0.6) is 5.75 Å². The van der Waals surface area contributed by atoms with Crippen molar-refractivity contribution in [3.05, 3.63) is 94.8 Å². The highest BCUT2D eigenvalue weighted by Crippen LogP contribution is 2.20. The summed E-state index contributed by atoms with van der Waals surface area (Å²) >= 11 is 6.04. The number of aromatic amines is 1. The molecule has 0 aliphatic carbocycles. The van der Waals surface area contributed by atoms with Crippen molar-refractivity contribution in [1.82, 2.24) is 15.3 Å². The Bertz CT molecular complexity index is 1010. The van der Waals surface area contributed by atoms with E-state index in [1.807, 2.05) is 66.7 Å². The summed E-state index contributed by atoms with van der Waals surface area (Å²) < 4.78 is 6.01. The second kappa shape index (κ2) is 8.25. The van der Waals surface area contributed by atoms with Gasteiger partial charge in [-0.15, -0.1) is 0 Å². The van der Waals surface area contributed by atoms with Crippen molar-refractivity contribution in [3.8, 4) is 5.75 Å². The van der Waals surface area contributed by atoms with Crippen LogP contribution in [0.2, 0.25) is 5.02 Å². The van der Waals surface area contributed by atoms with Gasteiger partial charge in [0, 0.05) is 17.1 Å². The quantitative estimate of drug-likeness (QED) is 0.472. The lowest BCUT2D eigenvalue weighted by Gasteiger charge is -2.12. The van der Waals surface area contributed by atoms with Crippen LogP contribution >= 0.6 is 11.6 Å². The van der Waals surface area contributed by atoms with Gasteiger partial charge < -0.3 is 15.0 Å². The zero-order valence-electron chi connectivity index (χ0n) is 14.8. The molecule has 0 saturated heterocycles. The molecule has 0 bridgehead atoms. The van der Waals surface area contributed by atoms with Crippen LogP contribution in [0.3, 0.4) is 0 Å². The highest BCUT2D eigenvalue weighted by Gasteiger charge is 2.05. The van der Waals surface area contributed by atoms with Crippen LogP contribution < -0.4 is 10.1 Å². The lowest BCUT2D eigenvalue weighted by molar-refractivity contribution is 0.302. The van der Waals surface area contributed by atoms with Gasteiger partial charge in [-0.05, 0) is 35.9 Å². The topological polar surface area (TPSA) is 49.9 Å². The van der Waals surface area contributed by atoms with Crippen molar-refractivity contribution in [2.45, 2.75) is 19.7 Å². The van der Waals surface area contributed by atoms with Gasteiger partial charge in [-0.25, -0.2) is 4.98 Å². The van der Waals surface area contributed by atoms with Gasteiger partial charge in [-0.1, -0.05) is 54.1 Å². The van der Waals surface area contributed by atoms with Gasteiger partial charge in [-0.2, -0.15) is 0 Å². The highest BCUT2D eigenvalue weighted by molar-refractivity contribution is 6.30. The summed E-state index contributed by atoms with van der Waals surface area (Å²) in [7, 11) is 0. The number of nitrogens with one attached hydrogen (secondary N) is 2. The Balaban J connectivity index is 1.37. The second-order valence-electron chi connectivity index (χ2n) is 6.33. The summed E-state index contributed by atoms with van der Waals surface area (Å²) in [5, 5.41) is 4.15. The molecule has 0 saturated carbocycles. The fourth-order valence-electron chi connectivity index (χ4n) is 2.98. The first-order valence-corrected chi connectivity index (χ1v) is 9.25. The predicted octanol–water partition coefficient (Wildman–Crippen LogP) is 5.09. The van der Waals surface area contributed by atoms with E-state index in [0.29, 0.717) is 19.7 Å². The summed E-state index contributed by atoms with van der Waals surface area (Å²) in [6.07, 6.45) is 0. The first kappa shape index (κ1) is 17.6. The first-order chi connectivity index (χ1) is 13.3. The summed E-state index contributed by atoms with van der Waals surface area (Å²) in [6.45, 7) is 1.85. The number of nitrogens with zero attached hydrogens (tertiary/aromatic N) is 1. The molecule has 2 N–H and O–H groups in total. The van der Waals surface area contributed by atoms with Gasteiger partial charge >= 0.3 is 0 Å². The molecule has 3 aromatic carbocycles. The molecule has 0 fully saturated rings. The second-order valence-corrected chi connectivity index (χ2v) is 6.77. The summed E-state index contributed by atoms with van der Waals surface area (Å²) in [6, 6.07) is 23.8. The van der Waals surface area contributed by atoms with Crippen molar-refractivity contribution in [3.63, 3.8) is 0 Å². The highest BCUT2D eigenvalue weighted by atomic mass is 35.5. The normalized spacial score (nSPS) is 11.0. The number of benzene rings is 3. The number of rotatable bonds is 7. The van der Waals surface area contributed by atoms with E-state index in [4.69, 9.17) is 16.3 Å². The molecule has 136 valence electrons. The van der Waals surface area contributed by atoms with Crippen molar-refractivity contribution in [2.75, 3.05) is 0 Å². The fourth-order valence-corrected chi connectivity index (χ4v) is 3.20. The van der Waals surface area contributed by atoms with Crippen LogP contribution in [-0.4, -0.2) is 9.97 Å². The summed E-state index contributed by atoms with van der Waals surface area (Å²) in [4.78, 5) is 7.92. The Hall–Kier alpha value is -2.82. The molecule has 4 rings (SSSR count). The first-order valence-electron chi connectivity index (χ1n) is 8.87. The zero-order valence-corrected chi connectivity index (χ0v) is 15.5. The van der Waals surface area contributed by atoms with Crippen molar-refractivity contribution >= 4 is 22.6 Å². The van der Waals surface area contributed by atoms with Gasteiger partial charge in [0.15, 0.2) is 0 Å². The Kier molecular flexibility index (Phi) is 5.37. The molecule has 4 nitrogen and oxygen atoms in total. The Morgan fingerprint density at radius 1 is 0.926 bits per heavy atom. The van der Waals surface area contributed by atoms with Crippen molar-refractivity contribution in [1.29, 1.82) is 0 Å². The summed E-state index contributed by atoms with van der Waals surface area (Å²) in [5.41, 5.74) is 4.20. The van der Waals surface area contributed by atoms with Gasteiger partial charge in [0.2, 0.25) is 0 Å². The van der Waals surface area contributed by atoms with Gasteiger partial charge in [0.1, 0.15) is 18.2 Å². The van der Waals surface area contributed by atoms with E-state index in [-0.39, 0.29) is 0 Å². The molecule has 0 aliphatic heterocycles. The number of imidazole rings is 1. The number of fused-ring (bicyclic) bond motifs is 1. The monoisotopic (exact) mass is 377 g/mol. The minimum atomic E-state index is 0.487. The molecule has 27 heavy (non-hydrogen) atoms. The van der Waals surface area contributed by atoms with E-state index < -0.39 is 0 Å². The SMILES string of the molecule is Clc1cccc(COc2ccccc2CNCc2nc3ccccc3[nH]2)c1. The number of H-pyrrole nitrogens is 1. The molecule has 1 heterocycles. The third-order valence-corrected chi connectivity index (χ3v) is 4.54. The van der Waals surface area contributed by atoms with Crippen LogP contribution in [-0.2, 0) is 19.7 Å². The number of ether oxygens (including phenoxy) is 1. The predicted molar refractivity (Wildman–Crippen MR) is 109 cm³/mol. The minimum absolute atomic E-state index is 0.487. The van der Waals surface area contributed by atoms with E-state index in [0.717, 1.165) is 38.8 Å². The third kappa shape index (κ3) is 4.48. The Morgan fingerprint density at radius 3 is 2.67 bits per heavy atom. The number of para-hydroxylation sites is 3. The van der Waals surface area contributed by atoms with Crippen LogP contribution in [0.4, 0.5) is 0 Å². The van der Waals surface area contributed by atoms with E-state index in [9.17, 15) is 0 Å². The molecule has 0 spiro atoms. The molecule has 0 atom stereocenters. The van der Waals surface area contributed by atoms with Crippen molar-refractivity contribution < 1.29 is 4.74 Å². The van der Waals surface area contributed by atoms with Gasteiger partial charge in [0.05, 0.1) is 17.6 Å². The number of halogens is 1. The van der Waals surface area contributed by atoms with Gasteiger partial charge in [0.25, 0.3) is 0 Å². The molecule has 5 heteroatoms. The standard InChI is InChI=1S/C22H20ClN3O/c23-18-8-5-6-16(12-18)15-27-21-11-4-1-7-17(21)13-24-14-22-25-19-9-2-3-10-20(19)26-22/h1-12,24H,13-15H2,(H,25,26). The van der Waals surface area contributed by atoms with E-state index in [1.54, 1.807) is 0 Å². The van der Waals surface area contributed by atoms with E-state index in [2.05, 4.69) is 21.4 Å². The van der Waals surface area contributed by atoms with Crippen molar-refractivity contribution in [2.24, 2.45) is 0 Å². The van der Waals surface area contributed by atoms with Crippen LogP contribution in [0.25, 0.3) is 11.0 Å². The average molecular weight is 378 g/mol. The summed E-state index contributed by atoms with van der Waals surface area (Å²) in [5.74, 6) is 1.79. The van der Waals surface area contributed by atoms with Crippen LogP contribution in [0.15, 0.2) is 72.8 Å². The number of hydrogen-bond donors (Lipinski definition) is 2. The van der Waals surface area contributed by atoms with Crippen LogP contribution in [0, 0.1) is 0 Å². The Morgan fingerprint density at radius 2 is 1.78 bits per heavy atom. The number of hydrogen-bond acceptors (Lipinski definition) is 3. The van der Waals surface area contributed by atoms with E-state index in [1.165, 1.54) is 0 Å². The van der Waals surface area contributed by atoms with E-state index >= 15 is 0 Å². The van der Waals surface area contributed by atoms with Crippen LogP contribution in [0.1, 0.15) is 17.0 Å². The molecular weight excluding hydrogens is 358 g/mol. The Labute approximate surface area is 163 Å². The molecule has 0 unspecified atom stereocenters. The minimum Gasteiger partial charge on any atom is -0.489 e. The maximum absolute atomic E-state index is 6.04. The molecule has 0 aliphatic rings. The maximum atomic E-state index is 6.04. The largest absolute Gasteiger partial charge is 0.489 e. The molecule has 0 radical (unpaired) electrons. The molecular formula is C22H20ClN3O.